The topological polar surface area (TPSA) is 60.4 Å². The zero-order chi connectivity index (χ0) is 19.5. The van der Waals surface area contributed by atoms with Gasteiger partial charge >= 0.3 is 0 Å². The van der Waals surface area contributed by atoms with Crippen LogP contribution in [-0.2, 0) is 6.42 Å². The minimum atomic E-state index is 0.498. The average Bonchev–Trinajstić information content (AvgIpc) is 2.72. The lowest BCUT2D eigenvalue weighted by Gasteiger charge is -2.16. The summed E-state index contributed by atoms with van der Waals surface area (Å²) in [7, 11) is 5.54. The summed E-state index contributed by atoms with van der Waals surface area (Å²) in [5, 5.41) is 2.06. The second kappa shape index (κ2) is 7.68. The molecule has 0 aliphatic heterocycles. The number of fused-ring (bicyclic) bond motifs is 2. The van der Waals surface area contributed by atoms with Crippen molar-refractivity contribution >= 4 is 27.6 Å². The van der Waals surface area contributed by atoms with Crippen molar-refractivity contribution in [2.45, 2.75) is 6.42 Å². The molecule has 2 aromatic carbocycles. The largest absolute Gasteiger partial charge is 0.493 e. The molecule has 0 aliphatic rings. The van der Waals surface area contributed by atoms with Crippen molar-refractivity contribution in [3.8, 4) is 11.5 Å². The Balaban J connectivity index is 1.56. The summed E-state index contributed by atoms with van der Waals surface area (Å²) >= 11 is 0. The fourth-order valence-corrected chi connectivity index (χ4v) is 3.19. The van der Waals surface area contributed by atoms with Gasteiger partial charge in [0.25, 0.3) is 0 Å². The molecule has 142 valence electrons. The third-order valence-corrected chi connectivity index (χ3v) is 4.60. The van der Waals surface area contributed by atoms with Crippen LogP contribution in [0.5, 0.6) is 11.5 Å². The van der Waals surface area contributed by atoms with Gasteiger partial charge < -0.3 is 14.4 Å². The van der Waals surface area contributed by atoms with Gasteiger partial charge in [-0.3, -0.25) is 4.98 Å². The fourth-order valence-electron chi connectivity index (χ4n) is 3.19. The highest BCUT2D eigenvalue weighted by Gasteiger charge is 2.12. The van der Waals surface area contributed by atoms with Gasteiger partial charge in [0.2, 0.25) is 0 Å². The van der Waals surface area contributed by atoms with Crippen molar-refractivity contribution in [1.82, 2.24) is 15.0 Å². The van der Waals surface area contributed by atoms with Crippen LogP contribution in [0.2, 0.25) is 0 Å². The van der Waals surface area contributed by atoms with E-state index in [1.165, 1.54) is 0 Å². The number of anilines is 1. The first-order valence-electron chi connectivity index (χ1n) is 9.13. The quantitative estimate of drug-likeness (QED) is 0.511. The van der Waals surface area contributed by atoms with E-state index in [1.54, 1.807) is 13.4 Å². The molecule has 28 heavy (non-hydrogen) atoms. The number of ether oxygens (including phenoxy) is 2. The third-order valence-electron chi connectivity index (χ3n) is 4.60. The van der Waals surface area contributed by atoms with E-state index in [-0.39, 0.29) is 0 Å². The van der Waals surface area contributed by atoms with E-state index >= 15 is 0 Å². The van der Waals surface area contributed by atoms with Gasteiger partial charge in [-0.25, -0.2) is 9.97 Å². The Labute approximate surface area is 163 Å². The molecule has 2 aromatic heterocycles. The number of rotatable bonds is 6. The average molecular weight is 374 g/mol. The van der Waals surface area contributed by atoms with Crippen LogP contribution in [-0.4, -0.2) is 42.8 Å². The van der Waals surface area contributed by atoms with E-state index in [2.05, 4.69) is 22.1 Å². The van der Waals surface area contributed by atoms with Gasteiger partial charge in [-0.05, 0) is 18.2 Å². The Kier molecular flexibility index (Phi) is 4.93. The molecular formula is C22H22N4O2. The second-order valence-electron chi connectivity index (χ2n) is 6.71. The summed E-state index contributed by atoms with van der Waals surface area (Å²) in [4.78, 5) is 15.4. The first-order valence-corrected chi connectivity index (χ1v) is 9.13. The van der Waals surface area contributed by atoms with Crippen LogP contribution in [0.1, 0.15) is 5.69 Å². The van der Waals surface area contributed by atoms with E-state index < -0.39 is 0 Å². The molecule has 4 aromatic rings. The molecule has 0 fully saturated rings. The van der Waals surface area contributed by atoms with Crippen molar-refractivity contribution in [3.05, 3.63) is 60.6 Å². The molecule has 0 atom stereocenters. The zero-order valence-corrected chi connectivity index (χ0v) is 16.2. The van der Waals surface area contributed by atoms with Crippen LogP contribution in [0.25, 0.3) is 21.8 Å². The first kappa shape index (κ1) is 18.0. The summed E-state index contributed by atoms with van der Waals surface area (Å²) in [6.07, 6.45) is 2.26. The lowest BCUT2D eigenvalue weighted by atomic mass is 10.2. The van der Waals surface area contributed by atoms with Crippen LogP contribution in [0.3, 0.4) is 0 Å². The molecule has 0 aliphatic carbocycles. The fraction of sp³-hybridized carbons (Fsp3) is 0.227. The number of hydrogen-bond acceptors (Lipinski definition) is 6. The molecule has 2 heterocycles. The Hall–Kier alpha value is -3.41. The van der Waals surface area contributed by atoms with Crippen LogP contribution < -0.4 is 14.4 Å². The summed E-state index contributed by atoms with van der Waals surface area (Å²) in [6, 6.07) is 16.1. The second-order valence-corrected chi connectivity index (χ2v) is 6.71. The van der Waals surface area contributed by atoms with Gasteiger partial charge in [0, 0.05) is 43.0 Å². The molecule has 0 unspecified atom stereocenters. The lowest BCUT2D eigenvalue weighted by molar-refractivity contribution is 0.297. The smallest absolute Gasteiger partial charge is 0.162 e. The monoisotopic (exact) mass is 374 g/mol. The maximum absolute atomic E-state index is 6.05. The Morgan fingerprint density at radius 3 is 2.61 bits per heavy atom. The van der Waals surface area contributed by atoms with Crippen LogP contribution >= 0.6 is 0 Å². The number of hydrogen-bond donors (Lipinski definition) is 0. The van der Waals surface area contributed by atoms with Crippen LogP contribution in [0.4, 0.5) is 5.82 Å². The van der Waals surface area contributed by atoms with E-state index in [9.17, 15) is 0 Å². The molecule has 0 saturated heterocycles. The van der Waals surface area contributed by atoms with E-state index in [0.29, 0.717) is 24.5 Å². The molecule has 0 radical (unpaired) electrons. The molecule has 0 amide bonds. The van der Waals surface area contributed by atoms with Gasteiger partial charge in [-0.2, -0.15) is 0 Å². The van der Waals surface area contributed by atoms with Crippen molar-refractivity contribution in [2.75, 3.05) is 32.7 Å². The molecule has 0 spiro atoms. The lowest BCUT2D eigenvalue weighted by Crippen LogP contribution is -2.11. The van der Waals surface area contributed by atoms with Crippen molar-refractivity contribution in [2.24, 2.45) is 0 Å². The maximum atomic E-state index is 6.05. The van der Waals surface area contributed by atoms with Gasteiger partial charge in [0.15, 0.2) is 11.5 Å². The summed E-state index contributed by atoms with van der Waals surface area (Å²) in [5.41, 5.74) is 2.81. The molecular weight excluding hydrogens is 352 g/mol. The Morgan fingerprint density at radius 1 is 0.929 bits per heavy atom. The highest BCUT2D eigenvalue weighted by atomic mass is 16.5. The zero-order valence-electron chi connectivity index (χ0n) is 16.2. The predicted molar refractivity (Wildman–Crippen MR) is 111 cm³/mol. The Bertz CT molecular complexity index is 1130. The molecule has 6 heteroatoms. The van der Waals surface area contributed by atoms with Crippen LogP contribution in [0.15, 0.2) is 54.9 Å². The SMILES string of the molecule is COc1cc2ncnc(N(C)C)c2cc1OCCc1ccc2ccccc2n1. The highest BCUT2D eigenvalue weighted by molar-refractivity contribution is 5.91. The summed E-state index contributed by atoms with van der Waals surface area (Å²) in [6.45, 7) is 0.498. The number of aromatic nitrogens is 3. The van der Waals surface area contributed by atoms with Crippen molar-refractivity contribution < 1.29 is 9.47 Å². The molecule has 0 N–H and O–H groups in total. The van der Waals surface area contributed by atoms with Crippen LogP contribution in [0, 0.1) is 0 Å². The number of methoxy groups -OCH3 is 1. The van der Waals surface area contributed by atoms with Gasteiger partial charge in [0.1, 0.15) is 12.1 Å². The van der Waals surface area contributed by atoms with Crippen molar-refractivity contribution in [3.63, 3.8) is 0 Å². The summed E-state index contributed by atoms with van der Waals surface area (Å²) < 4.78 is 11.5. The minimum Gasteiger partial charge on any atom is -0.493 e. The Morgan fingerprint density at radius 2 is 1.79 bits per heavy atom. The standard InChI is InChI=1S/C22H22N4O2/c1-26(2)22-17-12-21(20(27-3)13-19(17)23-14-24-22)28-11-10-16-9-8-15-6-4-5-7-18(15)25-16/h4-9,12-14H,10-11H2,1-3H3. The first-order chi connectivity index (χ1) is 13.7. The van der Waals surface area contributed by atoms with E-state index in [4.69, 9.17) is 14.5 Å². The van der Waals surface area contributed by atoms with E-state index in [0.717, 1.165) is 33.3 Å². The molecule has 6 nitrogen and oxygen atoms in total. The van der Waals surface area contributed by atoms with Gasteiger partial charge in [0.05, 0.1) is 24.8 Å². The van der Waals surface area contributed by atoms with Crippen molar-refractivity contribution in [1.29, 1.82) is 0 Å². The molecule has 0 bridgehead atoms. The summed E-state index contributed by atoms with van der Waals surface area (Å²) in [5.74, 6) is 2.17. The number of para-hydroxylation sites is 1. The molecule has 4 rings (SSSR count). The van der Waals surface area contributed by atoms with Gasteiger partial charge in [-0.15, -0.1) is 0 Å². The number of pyridine rings is 1. The highest BCUT2D eigenvalue weighted by Crippen LogP contribution is 2.34. The van der Waals surface area contributed by atoms with E-state index in [1.807, 2.05) is 55.4 Å². The van der Waals surface area contributed by atoms with Gasteiger partial charge in [-0.1, -0.05) is 24.3 Å². The number of nitrogens with zero attached hydrogens (tertiary/aromatic N) is 4. The molecule has 0 saturated carbocycles. The number of benzene rings is 2. The predicted octanol–water partition coefficient (Wildman–Crippen LogP) is 3.87. The third kappa shape index (κ3) is 3.53. The minimum absolute atomic E-state index is 0.498. The maximum Gasteiger partial charge on any atom is 0.162 e. The normalized spacial score (nSPS) is 11.0.